The van der Waals surface area contributed by atoms with Crippen molar-refractivity contribution in [2.24, 2.45) is 0 Å². The van der Waals surface area contributed by atoms with Crippen LogP contribution in [0.15, 0.2) is 54.7 Å². The molecule has 2 aromatic carbocycles. The van der Waals surface area contributed by atoms with Crippen LogP contribution in [0.25, 0.3) is 21.9 Å². The highest BCUT2D eigenvalue weighted by Crippen LogP contribution is 2.33. The van der Waals surface area contributed by atoms with Gasteiger partial charge in [-0.15, -0.1) is 0 Å². The molecule has 0 saturated heterocycles. The summed E-state index contributed by atoms with van der Waals surface area (Å²) in [5.41, 5.74) is 3.51. The van der Waals surface area contributed by atoms with Crippen LogP contribution in [0, 0.1) is 0 Å². The van der Waals surface area contributed by atoms with E-state index in [9.17, 15) is 0 Å². The summed E-state index contributed by atoms with van der Waals surface area (Å²) in [6.07, 6.45) is 2.74. The maximum absolute atomic E-state index is 6.12. The molecule has 0 saturated carbocycles. The van der Waals surface area contributed by atoms with Crippen LogP contribution in [0.4, 0.5) is 5.82 Å². The Morgan fingerprint density at radius 2 is 1.95 bits per heavy atom. The molecule has 1 unspecified atom stereocenters. The summed E-state index contributed by atoms with van der Waals surface area (Å²) >= 11 is 6.12. The van der Waals surface area contributed by atoms with E-state index in [0.717, 1.165) is 17.8 Å². The number of nitrogens with zero attached hydrogens (tertiary/aromatic N) is 1. The molecule has 1 atom stereocenters. The predicted molar refractivity (Wildman–Crippen MR) is 84.1 cm³/mol. The van der Waals surface area contributed by atoms with Crippen molar-refractivity contribution in [2.75, 3.05) is 5.32 Å². The zero-order chi connectivity index (χ0) is 13.5. The van der Waals surface area contributed by atoms with Gasteiger partial charge >= 0.3 is 0 Å². The van der Waals surface area contributed by atoms with Crippen LogP contribution in [0.3, 0.4) is 0 Å². The summed E-state index contributed by atoms with van der Waals surface area (Å²) in [5.74, 6) is 0.911. The first-order valence-corrected chi connectivity index (χ1v) is 7.12. The molecule has 0 aliphatic carbocycles. The fraction of sp³-hybridized carbons (Fsp3) is 0.118. The summed E-state index contributed by atoms with van der Waals surface area (Å²) in [5, 5.41) is 5.67. The number of benzene rings is 2. The highest BCUT2D eigenvalue weighted by molar-refractivity contribution is 6.22. The van der Waals surface area contributed by atoms with Gasteiger partial charge in [-0.2, -0.15) is 0 Å². The summed E-state index contributed by atoms with van der Waals surface area (Å²) in [7, 11) is 0. The van der Waals surface area contributed by atoms with E-state index in [1.54, 1.807) is 0 Å². The van der Waals surface area contributed by atoms with Crippen molar-refractivity contribution in [1.29, 1.82) is 0 Å². The third-order valence-corrected chi connectivity index (χ3v) is 4.02. The maximum Gasteiger partial charge on any atom is 0.130 e. The summed E-state index contributed by atoms with van der Waals surface area (Å²) < 4.78 is 0. The number of anilines is 1. The Hall–Kier alpha value is -2.06. The quantitative estimate of drug-likeness (QED) is 0.527. The molecule has 1 aromatic heterocycles. The highest BCUT2D eigenvalue weighted by Gasteiger charge is 2.20. The Morgan fingerprint density at radius 3 is 2.90 bits per heavy atom. The second-order valence-electron chi connectivity index (χ2n) is 5.07. The van der Waals surface area contributed by atoms with E-state index in [2.05, 4.69) is 58.8 Å². The van der Waals surface area contributed by atoms with Crippen molar-refractivity contribution in [1.82, 2.24) is 4.98 Å². The van der Waals surface area contributed by atoms with Gasteiger partial charge in [0.25, 0.3) is 0 Å². The molecule has 0 spiro atoms. The van der Waals surface area contributed by atoms with E-state index in [1.165, 1.54) is 21.9 Å². The van der Waals surface area contributed by atoms with Crippen molar-refractivity contribution in [3.63, 3.8) is 0 Å². The van der Waals surface area contributed by atoms with Crippen molar-refractivity contribution in [3.05, 3.63) is 60.3 Å². The lowest BCUT2D eigenvalue weighted by Gasteiger charge is -2.08. The standard InChI is InChI=1S/C17H13ClN2/c18-16-9-12-8-13(10-19-17(12)20-16)15-7-3-5-11-4-1-2-6-14(11)15/h1-8,10,16H,9H2,(H,19,20). The normalized spacial score (nSPS) is 16.9. The van der Waals surface area contributed by atoms with E-state index in [-0.39, 0.29) is 5.50 Å². The summed E-state index contributed by atoms with van der Waals surface area (Å²) in [4.78, 5) is 4.50. The molecule has 3 aromatic rings. The first-order valence-electron chi connectivity index (χ1n) is 6.69. The van der Waals surface area contributed by atoms with Crippen LogP contribution in [0.1, 0.15) is 5.56 Å². The van der Waals surface area contributed by atoms with Gasteiger partial charge in [-0.05, 0) is 28.0 Å². The molecule has 20 heavy (non-hydrogen) atoms. The minimum Gasteiger partial charge on any atom is -0.353 e. The second kappa shape index (κ2) is 4.50. The fourth-order valence-corrected chi connectivity index (χ4v) is 3.08. The van der Waals surface area contributed by atoms with Crippen molar-refractivity contribution >= 4 is 28.2 Å². The Morgan fingerprint density at radius 1 is 1.10 bits per heavy atom. The Kier molecular flexibility index (Phi) is 2.64. The number of halogens is 1. The fourth-order valence-electron chi connectivity index (χ4n) is 2.81. The number of rotatable bonds is 1. The van der Waals surface area contributed by atoms with Gasteiger partial charge in [0.1, 0.15) is 11.3 Å². The predicted octanol–water partition coefficient (Wildman–Crippen LogP) is 4.43. The third kappa shape index (κ3) is 1.84. The second-order valence-corrected chi connectivity index (χ2v) is 5.60. The minimum absolute atomic E-state index is 0.0414. The molecule has 3 heteroatoms. The first-order chi connectivity index (χ1) is 9.81. The van der Waals surface area contributed by atoms with Crippen LogP contribution in [0.2, 0.25) is 0 Å². The van der Waals surface area contributed by atoms with Crippen LogP contribution < -0.4 is 5.32 Å². The summed E-state index contributed by atoms with van der Waals surface area (Å²) in [6, 6.07) is 17.0. The van der Waals surface area contributed by atoms with Gasteiger partial charge in [0, 0.05) is 18.2 Å². The van der Waals surface area contributed by atoms with Gasteiger partial charge in [-0.1, -0.05) is 54.1 Å². The lowest BCUT2D eigenvalue weighted by molar-refractivity contribution is 1.02. The maximum atomic E-state index is 6.12. The van der Waals surface area contributed by atoms with Crippen molar-refractivity contribution in [3.8, 4) is 11.1 Å². The molecule has 2 nitrogen and oxygen atoms in total. The molecule has 0 fully saturated rings. The van der Waals surface area contributed by atoms with Gasteiger partial charge in [0.15, 0.2) is 0 Å². The van der Waals surface area contributed by atoms with Gasteiger partial charge in [0.05, 0.1) is 0 Å². The molecular weight excluding hydrogens is 268 g/mol. The number of pyridine rings is 1. The average Bonchev–Trinajstić information content (AvgIpc) is 2.85. The molecule has 1 N–H and O–H groups in total. The lowest BCUT2D eigenvalue weighted by Crippen LogP contribution is -2.05. The molecule has 0 radical (unpaired) electrons. The smallest absolute Gasteiger partial charge is 0.130 e. The number of fused-ring (bicyclic) bond motifs is 2. The number of hydrogen-bond donors (Lipinski definition) is 1. The zero-order valence-electron chi connectivity index (χ0n) is 10.8. The molecule has 0 bridgehead atoms. The third-order valence-electron chi connectivity index (χ3n) is 3.76. The van der Waals surface area contributed by atoms with Crippen LogP contribution >= 0.6 is 11.6 Å². The molecule has 4 rings (SSSR count). The number of aromatic nitrogens is 1. The van der Waals surface area contributed by atoms with Crippen molar-refractivity contribution in [2.45, 2.75) is 11.9 Å². The van der Waals surface area contributed by atoms with Gasteiger partial charge < -0.3 is 5.32 Å². The van der Waals surface area contributed by atoms with Crippen molar-refractivity contribution < 1.29 is 0 Å². The van der Waals surface area contributed by atoms with Crippen LogP contribution in [0.5, 0.6) is 0 Å². The molecule has 2 heterocycles. The minimum atomic E-state index is -0.0414. The van der Waals surface area contributed by atoms with Crippen LogP contribution in [-0.2, 0) is 6.42 Å². The molecule has 1 aliphatic rings. The van der Waals surface area contributed by atoms with E-state index in [1.807, 2.05) is 6.20 Å². The Labute approximate surface area is 122 Å². The number of hydrogen-bond acceptors (Lipinski definition) is 2. The molecule has 1 aliphatic heterocycles. The zero-order valence-corrected chi connectivity index (χ0v) is 11.6. The molecule has 98 valence electrons. The van der Waals surface area contributed by atoms with Gasteiger partial charge in [-0.25, -0.2) is 4.98 Å². The Bertz CT molecular complexity index is 793. The highest BCUT2D eigenvalue weighted by atomic mass is 35.5. The van der Waals surface area contributed by atoms with E-state index >= 15 is 0 Å². The molecular formula is C17H13ClN2. The Balaban J connectivity index is 1.90. The SMILES string of the molecule is ClC1Cc2cc(-c3cccc4ccccc34)cnc2N1. The van der Waals surface area contributed by atoms with E-state index in [4.69, 9.17) is 11.6 Å². The van der Waals surface area contributed by atoms with E-state index in [0.29, 0.717) is 0 Å². The number of nitrogens with one attached hydrogen (secondary N) is 1. The van der Waals surface area contributed by atoms with Gasteiger partial charge in [-0.3, -0.25) is 0 Å². The van der Waals surface area contributed by atoms with Crippen LogP contribution in [-0.4, -0.2) is 10.5 Å². The monoisotopic (exact) mass is 280 g/mol. The summed E-state index contributed by atoms with van der Waals surface area (Å²) in [6.45, 7) is 0. The largest absolute Gasteiger partial charge is 0.353 e. The lowest BCUT2D eigenvalue weighted by atomic mass is 9.98. The molecule has 0 amide bonds. The topological polar surface area (TPSA) is 24.9 Å². The first kappa shape index (κ1) is 11.7. The number of alkyl halides is 1. The average molecular weight is 281 g/mol. The van der Waals surface area contributed by atoms with Gasteiger partial charge in [0.2, 0.25) is 0 Å². The van der Waals surface area contributed by atoms with E-state index < -0.39 is 0 Å².